The van der Waals surface area contributed by atoms with Gasteiger partial charge in [-0.25, -0.2) is 8.42 Å². The number of aliphatic hydroxyl groups is 1. The maximum Gasteiger partial charge on any atom is 1.00 e. The summed E-state index contributed by atoms with van der Waals surface area (Å²) in [5.41, 5.74) is 0. The second-order valence-electron chi connectivity index (χ2n) is 7.65. The summed E-state index contributed by atoms with van der Waals surface area (Å²) < 4.78 is 44.6. The van der Waals surface area contributed by atoms with E-state index in [2.05, 4.69) is 13.8 Å². The molecule has 0 aliphatic carbocycles. The summed E-state index contributed by atoms with van der Waals surface area (Å²) in [6.45, 7) is 10.2. The maximum absolute atomic E-state index is 12.1. The topological polar surface area (TPSA) is 130 Å². The predicted octanol–water partition coefficient (Wildman–Crippen LogP) is 0.812. The molecule has 186 valence electrons. The molecule has 0 aromatic heterocycles. The Morgan fingerprint density at radius 3 is 1.62 bits per heavy atom. The van der Waals surface area contributed by atoms with Crippen LogP contribution in [0.3, 0.4) is 0 Å². The zero-order valence-corrected chi connectivity index (χ0v) is 23.7. The Morgan fingerprint density at radius 2 is 1.28 bits per heavy atom. The number of unbranched alkanes of at least 4 members (excludes halogenated alkanes) is 2. The number of esters is 2. The van der Waals surface area contributed by atoms with Crippen LogP contribution in [0.2, 0.25) is 0 Å². The van der Waals surface area contributed by atoms with Crippen molar-refractivity contribution in [2.24, 2.45) is 11.8 Å². The van der Waals surface area contributed by atoms with E-state index in [9.17, 15) is 22.6 Å². The van der Waals surface area contributed by atoms with Crippen LogP contribution >= 0.6 is 0 Å². The van der Waals surface area contributed by atoms with Crippen molar-refractivity contribution < 1.29 is 66.7 Å². The summed E-state index contributed by atoms with van der Waals surface area (Å²) in [5.74, 6) is -1.74. The van der Waals surface area contributed by atoms with E-state index < -0.39 is 33.7 Å². The smallest absolute Gasteiger partial charge is 0.747 e. The van der Waals surface area contributed by atoms with Gasteiger partial charge in [-0.3, -0.25) is 9.59 Å². The number of aliphatic hydroxyl groups excluding tert-OH is 1. The van der Waals surface area contributed by atoms with Gasteiger partial charge in [0, 0.05) is 6.61 Å². The molecule has 3 atom stereocenters. The van der Waals surface area contributed by atoms with Gasteiger partial charge < -0.3 is 19.1 Å². The largest absolute Gasteiger partial charge is 1.00 e. The maximum atomic E-state index is 12.1. The van der Waals surface area contributed by atoms with Crippen molar-refractivity contribution in [1.82, 2.24) is 0 Å². The van der Waals surface area contributed by atoms with E-state index in [-0.39, 0.29) is 61.2 Å². The molecule has 32 heavy (non-hydrogen) atoms. The number of carbonyl (C=O) groups is 2. The van der Waals surface area contributed by atoms with Gasteiger partial charge in [-0.15, -0.1) is 0 Å². The Balaban J connectivity index is -0.00000198. The van der Waals surface area contributed by atoms with Gasteiger partial charge in [0.2, 0.25) is 0 Å². The Bertz CT molecular complexity index is 568. The van der Waals surface area contributed by atoms with Crippen molar-refractivity contribution >= 4 is 22.1 Å². The first-order chi connectivity index (χ1) is 14.6. The van der Waals surface area contributed by atoms with E-state index in [0.717, 1.165) is 51.4 Å². The minimum atomic E-state index is -5.01. The summed E-state index contributed by atoms with van der Waals surface area (Å²) in [5, 5.41) is 5.51. The fourth-order valence-corrected chi connectivity index (χ4v) is 3.46. The van der Waals surface area contributed by atoms with Gasteiger partial charge in [0.25, 0.3) is 0 Å². The first-order valence-corrected chi connectivity index (χ1v) is 13.0. The van der Waals surface area contributed by atoms with Gasteiger partial charge in [0.1, 0.15) is 10.1 Å². The molecule has 3 unspecified atom stereocenters. The number of hydrogen-bond donors (Lipinski definition) is 1. The SMILES string of the molecule is CCCCC(CC)COC(=O)CC(C(=O)OCC(CC)CCCC)S(=O)(=O)[O-].CCO.[Na+]. The van der Waals surface area contributed by atoms with Crippen LogP contribution in [0.25, 0.3) is 0 Å². The Kier molecular flexibility index (Phi) is 25.7. The number of carbonyl (C=O) groups excluding carboxylic acids is 2. The normalized spacial score (nSPS) is 13.6. The minimum Gasteiger partial charge on any atom is -0.747 e. The summed E-state index contributed by atoms with van der Waals surface area (Å²) in [6, 6.07) is 0. The quantitative estimate of drug-likeness (QED) is 0.191. The molecule has 0 radical (unpaired) electrons. The summed E-state index contributed by atoms with van der Waals surface area (Å²) in [4.78, 5) is 24.1. The zero-order chi connectivity index (χ0) is 24.3. The number of ether oxygens (including phenoxy) is 2. The molecule has 0 amide bonds. The van der Waals surface area contributed by atoms with E-state index in [4.69, 9.17) is 14.6 Å². The van der Waals surface area contributed by atoms with Crippen molar-refractivity contribution in [3.8, 4) is 0 Å². The Hall–Kier alpha value is -0.190. The Labute approximate surface area is 217 Å². The molecule has 0 saturated heterocycles. The third-order valence-corrected chi connectivity index (χ3v) is 6.05. The molecule has 0 spiro atoms. The van der Waals surface area contributed by atoms with Crippen LogP contribution in [0.5, 0.6) is 0 Å². The monoisotopic (exact) mass is 490 g/mol. The number of hydrogen-bond acceptors (Lipinski definition) is 8. The van der Waals surface area contributed by atoms with Gasteiger partial charge in [-0.2, -0.15) is 0 Å². The van der Waals surface area contributed by atoms with Gasteiger partial charge in [-0.05, 0) is 31.6 Å². The van der Waals surface area contributed by atoms with E-state index in [1.807, 2.05) is 13.8 Å². The standard InChI is InChI=1S/C20H38O7S.C2H6O.Na/c1-5-9-11-16(7-3)14-26-19(21)13-18(28(23,24)25)20(22)27-15-17(8-4)12-10-6-2;1-2-3;/h16-18H,5-15H2,1-4H3,(H,23,24,25);3H,2H2,1H3;/q;;+1/p-1. The van der Waals surface area contributed by atoms with E-state index in [0.29, 0.717) is 0 Å². The van der Waals surface area contributed by atoms with Crippen molar-refractivity contribution in [3.05, 3.63) is 0 Å². The molecule has 0 saturated carbocycles. The van der Waals surface area contributed by atoms with Gasteiger partial charge in [0.15, 0.2) is 5.25 Å². The molecule has 0 heterocycles. The summed E-state index contributed by atoms with van der Waals surface area (Å²) in [7, 11) is -5.01. The van der Waals surface area contributed by atoms with Crippen molar-refractivity contribution in [2.75, 3.05) is 19.8 Å². The summed E-state index contributed by atoms with van der Waals surface area (Å²) in [6.07, 6.45) is 6.58. The van der Waals surface area contributed by atoms with Gasteiger partial charge in [0.05, 0.1) is 19.6 Å². The van der Waals surface area contributed by atoms with Crippen molar-refractivity contribution in [1.29, 1.82) is 0 Å². The molecule has 0 bridgehead atoms. The van der Waals surface area contributed by atoms with E-state index >= 15 is 0 Å². The average Bonchev–Trinajstić information content (AvgIpc) is 2.71. The van der Waals surface area contributed by atoms with Crippen LogP contribution in [-0.2, 0) is 29.2 Å². The zero-order valence-electron chi connectivity index (χ0n) is 20.9. The predicted molar refractivity (Wildman–Crippen MR) is 119 cm³/mol. The van der Waals surface area contributed by atoms with Crippen molar-refractivity contribution in [2.45, 2.75) is 97.7 Å². The number of rotatable bonds is 16. The third kappa shape index (κ3) is 19.3. The van der Waals surface area contributed by atoms with E-state index in [1.54, 1.807) is 6.92 Å². The van der Waals surface area contributed by atoms with Crippen LogP contribution in [0.15, 0.2) is 0 Å². The van der Waals surface area contributed by atoms with Crippen LogP contribution < -0.4 is 29.6 Å². The van der Waals surface area contributed by atoms with Crippen LogP contribution in [0, 0.1) is 11.8 Å². The van der Waals surface area contributed by atoms with Gasteiger partial charge >= 0.3 is 41.5 Å². The van der Waals surface area contributed by atoms with Crippen molar-refractivity contribution in [3.63, 3.8) is 0 Å². The molecule has 0 aromatic carbocycles. The van der Waals surface area contributed by atoms with Crippen LogP contribution in [-0.4, -0.2) is 55.1 Å². The summed E-state index contributed by atoms with van der Waals surface area (Å²) >= 11 is 0. The molecule has 0 aromatic rings. The third-order valence-electron chi connectivity index (χ3n) is 4.99. The van der Waals surface area contributed by atoms with Gasteiger partial charge in [-0.1, -0.05) is 66.2 Å². The Morgan fingerprint density at radius 1 is 0.875 bits per heavy atom. The average molecular weight is 491 g/mol. The van der Waals surface area contributed by atoms with Crippen LogP contribution in [0.1, 0.15) is 92.4 Å². The minimum absolute atomic E-state index is 0. The molecule has 0 fully saturated rings. The molecule has 0 aliphatic heterocycles. The molecule has 0 rings (SSSR count). The first-order valence-electron chi connectivity index (χ1n) is 11.5. The molecule has 8 nitrogen and oxygen atoms in total. The van der Waals surface area contributed by atoms with E-state index in [1.165, 1.54) is 0 Å². The molecule has 10 heteroatoms. The van der Waals surface area contributed by atoms with Crippen LogP contribution in [0.4, 0.5) is 0 Å². The fraction of sp³-hybridized carbons (Fsp3) is 0.909. The molecule has 1 N–H and O–H groups in total. The fourth-order valence-electron chi connectivity index (χ4n) is 2.81. The second kappa shape index (κ2) is 22.6. The molecular weight excluding hydrogens is 447 g/mol. The second-order valence-corrected chi connectivity index (χ2v) is 9.20. The molecule has 0 aliphatic rings. The molecular formula is C22H43NaO8S. The first kappa shape index (κ1) is 36.4.